The van der Waals surface area contributed by atoms with Gasteiger partial charge < -0.3 is 10.1 Å². The zero-order chi connectivity index (χ0) is 19.5. The summed E-state index contributed by atoms with van der Waals surface area (Å²) >= 11 is 1.80. The van der Waals surface area contributed by atoms with Crippen LogP contribution < -0.4 is 10.1 Å². The Bertz CT molecular complexity index is 822. The van der Waals surface area contributed by atoms with E-state index < -0.39 is 0 Å². The van der Waals surface area contributed by atoms with E-state index >= 15 is 0 Å². The van der Waals surface area contributed by atoms with Crippen LogP contribution in [0.3, 0.4) is 0 Å². The second-order valence-corrected chi connectivity index (χ2v) is 9.01. The quantitative estimate of drug-likeness (QED) is 0.755. The summed E-state index contributed by atoms with van der Waals surface area (Å²) in [4.78, 5) is 16.1. The number of nitrogens with zero attached hydrogens (tertiary/aromatic N) is 1. The number of carbonyl (C=O) groups is 1. The van der Waals surface area contributed by atoms with E-state index in [-0.39, 0.29) is 11.9 Å². The van der Waals surface area contributed by atoms with Crippen molar-refractivity contribution < 1.29 is 9.53 Å². The molecule has 28 heavy (non-hydrogen) atoms. The van der Waals surface area contributed by atoms with Crippen LogP contribution in [0.4, 0.5) is 5.00 Å². The molecular formula is C23H30N2O2S. The summed E-state index contributed by atoms with van der Waals surface area (Å²) in [6.07, 6.45) is 8.56. The Balaban J connectivity index is 1.83. The van der Waals surface area contributed by atoms with Gasteiger partial charge in [0.05, 0.1) is 13.2 Å². The van der Waals surface area contributed by atoms with Gasteiger partial charge in [-0.2, -0.15) is 0 Å². The summed E-state index contributed by atoms with van der Waals surface area (Å²) in [6.45, 7) is 3.84. The number of nitrogens with one attached hydrogen (secondary N) is 1. The number of thiophene rings is 1. The maximum Gasteiger partial charge on any atom is 0.221 e. The first-order valence-corrected chi connectivity index (χ1v) is 11.3. The average Bonchev–Trinajstić information content (AvgIpc) is 3.07. The zero-order valence-corrected chi connectivity index (χ0v) is 17.7. The van der Waals surface area contributed by atoms with E-state index in [1.165, 1.54) is 53.7 Å². The number of ether oxygens (including phenoxy) is 1. The molecule has 1 aromatic heterocycles. The van der Waals surface area contributed by atoms with Crippen molar-refractivity contribution in [1.82, 2.24) is 4.90 Å². The number of rotatable bonds is 5. The number of carbonyl (C=O) groups excluding carboxylic acids is 1. The van der Waals surface area contributed by atoms with Gasteiger partial charge in [-0.1, -0.05) is 18.6 Å². The summed E-state index contributed by atoms with van der Waals surface area (Å²) in [7, 11) is 1.71. The van der Waals surface area contributed by atoms with E-state index in [1.807, 2.05) is 0 Å². The third kappa shape index (κ3) is 3.96. The molecule has 150 valence electrons. The number of likely N-dealkylation sites (tertiary alicyclic amines) is 1. The van der Waals surface area contributed by atoms with Crippen molar-refractivity contribution in [3.05, 3.63) is 45.8 Å². The van der Waals surface area contributed by atoms with Gasteiger partial charge >= 0.3 is 0 Å². The van der Waals surface area contributed by atoms with Crippen LogP contribution >= 0.6 is 11.3 Å². The van der Waals surface area contributed by atoms with Crippen LogP contribution in [0.25, 0.3) is 0 Å². The smallest absolute Gasteiger partial charge is 0.221 e. The molecule has 1 fully saturated rings. The normalized spacial score (nSPS) is 18.4. The van der Waals surface area contributed by atoms with Crippen LogP contribution in [-0.2, 0) is 17.6 Å². The third-order valence-corrected chi connectivity index (χ3v) is 7.19. The molecule has 1 amide bonds. The topological polar surface area (TPSA) is 41.6 Å². The molecule has 1 N–H and O–H groups in total. The number of benzene rings is 1. The second kappa shape index (κ2) is 8.66. The molecule has 1 aliphatic carbocycles. The van der Waals surface area contributed by atoms with Crippen molar-refractivity contribution in [2.45, 2.75) is 57.9 Å². The fraction of sp³-hybridized carbons (Fsp3) is 0.522. The first-order valence-electron chi connectivity index (χ1n) is 10.5. The molecule has 4 rings (SSSR count). The van der Waals surface area contributed by atoms with Crippen LogP contribution in [0.2, 0.25) is 0 Å². The molecule has 2 heterocycles. The Hall–Kier alpha value is -1.85. The van der Waals surface area contributed by atoms with Gasteiger partial charge in [-0.25, -0.2) is 0 Å². The molecule has 1 atom stereocenters. The van der Waals surface area contributed by atoms with Gasteiger partial charge in [0.25, 0.3) is 0 Å². The lowest BCUT2D eigenvalue weighted by Crippen LogP contribution is -2.35. The molecule has 2 aromatic rings. The minimum absolute atomic E-state index is 0.0203. The van der Waals surface area contributed by atoms with Crippen molar-refractivity contribution in [3.63, 3.8) is 0 Å². The van der Waals surface area contributed by atoms with Crippen molar-refractivity contribution in [2.24, 2.45) is 0 Å². The molecule has 0 spiro atoms. The van der Waals surface area contributed by atoms with Gasteiger partial charge in [-0.3, -0.25) is 9.69 Å². The monoisotopic (exact) mass is 398 g/mol. The van der Waals surface area contributed by atoms with Gasteiger partial charge in [-0.05, 0) is 74.9 Å². The molecule has 0 bridgehead atoms. The van der Waals surface area contributed by atoms with E-state index in [2.05, 4.69) is 34.5 Å². The molecule has 2 aliphatic rings. The predicted molar refractivity (Wildman–Crippen MR) is 116 cm³/mol. The van der Waals surface area contributed by atoms with Crippen LogP contribution in [0.5, 0.6) is 5.75 Å². The number of fused-ring (bicyclic) bond motifs is 1. The third-order valence-electron chi connectivity index (χ3n) is 5.96. The van der Waals surface area contributed by atoms with E-state index in [4.69, 9.17) is 4.74 Å². The highest BCUT2D eigenvalue weighted by Gasteiger charge is 2.32. The number of aryl methyl sites for hydroxylation is 1. The van der Waals surface area contributed by atoms with Crippen LogP contribution in [0.1, 0.15) is 66.6 Å². The van der Waals surface area contributed by atoms with Gasteiger partial charge in [0.2, 0.25) is 5.91 Å². The summed E-state index contributed by atoms with van der Waals surface area (Å²) in [5.41, 5.74) is 4.13. The number of piperidine rings is 1. The second-order valence-electron chi connectivity index (χ2n) is 7.91. The van der Waals surface area contributed by atoms with Crippen molar-refractivity contribution in [1.29, 1.82) is 0 Å². The number of anilines is 1. The van der Waals surface area contributed by atoms with Crippen molar-refractivity contribution in [2.75, 3.05) is 25.5 Å². The Morgan fingerprint density at radius 3 is 2.46 bits per heavy atom. The standard InChI is InChI=1S/C23H30N2O2S/c1-16(26)24-23-21(19-8-4-5-9-20(19)28-23)22(25-14-6-3-7-15-25)17-10-12-18(27-2)13-11-17/h10-13,22H,3-9,14-15H2,1-2H3,(H,24,26). The van der Waals surface area contributed by atoms with Crippen molar-refractivity contribution in [3.8, 4) is 5.75 Å². The molecule has 0 saturated carbocycles. The number of hydrogen-bond acceptors (Lipinski definition) is 4. The highest BCUT2D eigenvalue weighted by molar-refractivity contribution is 7.16. The minimum atomic E-state index is 0.0203. The van der Waals surface area contributed by atoms with E-state index in [9.17, 15) is 4.79 Å². The summed E-state index contributed by atoms with van der Waals surface area (Å²) in [5, 5.41) is 4.23. The number of methoxy groups -OCH3 is 1. The fourth-order valence-corrected chi connectivity index (χ4v) is 6.02. The lowest BCUT2D eigenvalue weighted by Gasteiger charge is -2.36. The highest BCUT2D eigenvalue weighted by atomic mass is 32.1. The molecule has 1 saturated heterocycles. The summed E-state index contributed by atoms with van der Waals surface area (Å²) in [6, 6.07) is 8.71. The number of hydrogen-bond donors (Lipinski definition) is 1. The van der Waals surface area contributed by atoms with Gasteiger partial charge in [0.1, 0.15) is 10.8 Å². The van der Waals surface area contributed by atoms with E-state index in [0.29, 0.717) is 0 Å². The first-order chi connectivity index (χ1) is 13.7. The first kappa shape index (κ1) is 19.5. The highest BCUT2D eigenvalue weighted by Crippen LogP contribution is 2.46. The molecule has 4 nitrogen and oxygen atoms in total. The van der Waals surface area contributed by atoms with Crippen LogP contribution in [-0.4, -0.2) is 31.0 Å². The molecule has 0 radical (unpaired) electrons. The fourth-order valence-electron chi connectivity index (χ4n) is 4.66. The maximum absolute atomic E-state index is 12.0. The zero-order valence-electron chi connectivity index (χ0n) is 16.9. The van der Waals surface area contributed by atoms with E-state index in [0.717, 1.165) is 36.7 Å². The van der Waals surface area contributed by atoms with E-state index in [1.54, 1.807) is 25.4 Å². The lowest BCUT2D eigenvalue weighted by atomic mass is 9.88. The van der Waals surface area contributed by atoms with Crippen LogP contribution in [0.15, 0.2) is 24.3 Å². The summed E-state index contributed by atoms with van der Waals surface area (Å²) in [5.74, 6) is 0.905. The largest absolute Gasteiger partial charge is 0.497 e. The minimum Gasteiger partial charge on any atom is -0.497 e. The predicted octanol–water partition coefficient (Wildman–Crippen LogP) is 5.17. The lowest BCUT2D eigenvalue weighted by molar-refractivity contribution is -0.114. The van der Waals surface area contributed by atoms with Gasteiger partial charge in [-0.15, -0.1) is 11.3 Å². The van der Waals surface area contributed by atoms with Crippen molar-refractivity contribution >= 4 is 22.2 Å². The summed E-state index contributed by atoms with van der Waals surface area (Å²) < 4.78 is 5.38. The Morgan fingerprint density at radius 2 is 1.79 bits per heavy atom. The Labute approximate surface area is 171 Å². The molecule has 5 heteroatoms. The molecule has 1 unspecified atom stereocenters. The maximum atomic E-state index is 12.0. The van der Waals surface area contributed by atoms with Gasteiger partial charge in [0, 0.05) is 17.4 Å². The Kier molecular flexibility index (Phi) is 6.02. The molecule has 1 aromatic carbocycles. The molecule has 1 aliphatic heterocycles. The Morgan fingerprint density at radius 1 is 1.07 bits per heavy atom. The van der Waals surface area contributed by atoms with Gasteiger partial charge in [0.15, 0.2) is 0 Å². The molecular weight excluding hydrogens is 368 g/mol. The number of amides is 1. The average molecular weight is 399 g/mol. The SMILES string of the molecule is COc1ccc(C(c2c(NC(C)=O)sc3c2CCCC3)N2CCCCC2)cc1. The van der Waals surface area contributed by atoms with Crippen LogP contribution in [0, 0.1) is 0 Å².